The normalized spacial score (nSPS) is 20.4. The number of carbonyl (C=O) groups excluding carboxylic acids is 1. The van der Waals surface area contributed by atoms with Gasteiger partial charge in [0.15, 0.2) is 5.82 Å². The highest BCUT2D eigenvalue weighted by Crippen LogP contribution is 2.49. The molecule has 160 valence electrons. The molecular formula is C24H28N6O. The molecule has 0 aliphatic carbocycles. The van der Waals surface area contributed by atoms with E-state index in [9.17, 15) is 4.79 Å². The Kier molecular flexibility index (Phi) is 5.06. The van der Waals surface area contributed by atoms with Crippen LogP contribution in [0.1, 0.15) is 53.3 Å². The molecule has 2 aliphatic rings. The van der Waals surface area contributed by atoms with Gasteiger partial charge in [-0.05, 0) is 17.7 Å². The molecular weight excluding hydrogens is 388 g/mol. The first-order chi connectivity index (χ1) is 15.0. The van der Waals surface area contributed by atoms with Crippen molar-refractivity contribution in [3.05, 3.63) is 77.6 Å². The lowest BCUT2D eigenvalue weighted by Crippen LogP contribution is -2.61. The third-order valence-electron chi connectivity index (χ3n) is 6.56. The maximum absolute atomic E-state index is 12.9. The van der Waals surface area contributed by atoms with Gasteiger partial charge in [0.1, 0.15) is 5.82 Å². The summed E-state index contributed by atoms with van der Waals surface area (Å²) in [6.07, 6.45) is 3.34. The van der Waals surface area contributed by atoms with E-state index in [0.717, 1.165) is 44.4 Å². The first-order valence-electron chi connectivity index (χ1n) is 10.9. The maximum atomic E-state index is 12.9. The molecule has 7 heteroatoms. The zero-order chi connectivity index (χ0) is 21.4. The number of nitrogens with one attached hydrogen (secondary N) is 1. The van der Waals surface area contributed by atoms with Gasteiger partial charge in [0.25, 0.3) is 5.91 Å². The Balaban J connectivity index is 1.37. The second-order valence-corrected chi connectivity index (χ2v) is 9.20. The highest BCUT2D eigenvalue weighted by molar-refractivity contribution is 5.94. The zero-order valence-corrected chi connectivity index (χ0v) is 18.0. The number of nitrogens with zero attached hydrogens (tertiary/aromatic N) is 5. The third kappa shape index (κ3) is 3.74. The van der Waals surface area contributed by atoms with Gasteiger partial charge in [-0.15, -0.1) is 0 Å². The second-order valence-electron chi connectivity index (χ2n) is 9.20. The number of amides is 1. The number of aromatic amines is 1. The Bertz CT molecular complexity index is 1040. The summed E-state index contributed by atoms with van der Waals surface area (Å²) in [5.74, 6) is 2.41. The number of carbonyl (C=O) groups is 1. The molecule has 1 amide bonds. The van der Waals surface area contributed by atoms with Crippen molar-refractivity contribution < 1.29 is 4.79 Å². The third-order valence-corrected chi connectivity index (χ3v) is 6.56. The van der Waals surface area contributed by atoms with Crippen LogP contribution < -0.4 is 0 Å². The van der Waals surface area contributed by atoms with E-state index in [2.05, 4.69) is 58.2 Å². The van der Waals surface area contributed by atoms with Crippen LogP contribution in [0.5, 0.6) is 0 Å². The molecule has 2 aliphatic heterocycles. The SMILES string of the molecule is CC(C)c1n[nH]c(C2CN(Cc3ccccc3)CC23CN(C(=O)c2ccncc2)C3)n1. The molecule has 1 atom stereocenters. The molecule has 1 aromatic carbocycles. The van der Waals surface area contributed by atoms with Gasteiger partial charge in [0.2, 0.25) is 0 Å². The van der Waals surface area contributed by atoms with Crippen LogP contribution in [-0.4, -0.2) is 62.1 Å². The van der Waals surface area contributed by atoms with E-state index in [1.807, 2.05) is 11.0 Å². The van der Waals surface area contributed by atoms with Crippen LogP contribution in [0.2, 0.25) is 0 Å². The van der Waals surface area contributed by atoms with E-state index in [1.165, 1.54) is 5.56 Å². The number of likely N-dealkylation sites (tertiary alicyclic amines) is 2. The van der Waals surface area contributed by atoms with Crippen molar-refractivity contribution >= 4 is 5.91 Å². The predicted octanol–water partition coefficient (Wildman–Crippen LogP) is 3.06. The first kappa shape index (κ1) is 19.9. The van der Waals surface area contributed by atoms with E-state index in [4.69, 9.17) is 4.98 Å². The smallest absolute Gasteiger partial charge is 0.254 e. The van der Waals surface area contributed by atoms with Crippen molar-refractivity contribution in [1.29, 1.82) is 0 Å². The van der Waals surface area contributed by atoms with E-state index in [0.29, 0.717) is 5.56 Å². The molecule has 0 bridgehead atoms. The minimum atomic E-state index is 0.00521. The quantitative estimate of drug-likeness (QED) is 0.692. The molecule has 2 saturated heterocycles. The monoisotopic (exact) mass is 416 g/mol. The minimum absolute atomic E-state index is 0.00521. The Labute approximate surface area is 182 Å². The Morgan fingerprint density at radius 2 is 1.87 bits per heavy atom. The highest BCUT2D eigenvalue weighted by Gasteiger charge is 2.56. The summed E-state index contributed by atoms with van der Waals surface area (Å²) < 4.78 is 0. The molecule has 1 N–H and O–H groups in total. The minimum Gasteiger partial charge on any atom is -0.337 e. The average Bonchev–Trinajstić information content (AvgIpc) is 3.39. The van der Waals surface area contributed by atoms with Crippen LogP contribution in [0.25, 0.3) is 0 Å². The summed E-state index contributed by atoms with van der Waals surface area (Å²) in [4.78, 5) is 26.2. The van der Waals surface area contributed by atoms with Gasteiger partial charge in [0.05, 0.1) is 0 Å². The maximum Gasteiger partial charge on any atom is 0.254 e. The standard InChI is InChI=1S/C24H28N6O/c1-17(2)21-26-22(28-27-21)20-13-29(12-18-6-4-3-5-7-18)14-24(20)15-30(16-24)23(31)19-8-10-25-11-9-19/h3-11,17,20H,12-16H2,1-2H3,(H,26,27,28). The summed E-state index contributed by atoms with van der Waals surface area (Å²) in [6.45, 7) is 8.46. The number of H-pyrrole nitrogens is 1. The number of hydrogen-bond acceptors (Lipinski definition) is 5. The van der Waals surface area contributed by atoms with E-state index in [-0.39, 0.29) is 23.2 Å². The summed E-state index contributed by atoms with van der Waals surface area (Å²) in [5.41, 5.74) is 2.01. The summed E-state index contributed by atoms with van der Waals surface area (Å²) in [5, 5.41) is 7.67. The van der Waals surface area contributed by atoms with Gasteiger partial charge < -0.3 is 4.90 Å². The molecule has 1 unspecified atom stereocenters. The second kappa shape index (κ2) is 7.89. The fraction of sp³-hybridized carbons (Fsp3) is 0.417. The Morgan fingerprint density at radius 1 is 1.13 bits per heavy atom. The van der Waals surface area contributed by atoms with Crippen molar-refractivity contribution in [2.24, 2.45) is 5.41 Å². The molecule has 4 heterocycles. The number of hydrogen-bond donors (Lipinski definition) is 1. The molecule has 2 aromatic heterocycles. The van der Waals surface area contributed by atoms with Gasteiger partial charge >= 0.3 is 0 Å². The van der Waals surface area contributed by atoms with Crippen LogP contribution in [0, 0.1) is 5.41 Å². The topological polar surface area (TPSA) is 78.0 Å². The van der Waals surface area contributed by atoms with Crippen molar-refractivity contribution in [3.63, 3.8) is 0 Å². The molecule has 31 heavy (non-hydrogen) atoms. The number of rotatable bonds is 5. The summed E-state index contributed by atoms with van der Waals surface area (Å²) >= 11 is 0. The van der Waals surface area contributed by atoms with Crippen LogP contribution in [0.15, 0.2) is 54.9 Å². The lowest BCUT2D eigenvalue weighted by molar-refractivity contribution is 0.00179. The van der Waals surface area contributed by atoms with Crippen LogP contribution in [-0.2, 0) is 6.54 Å². The predicted molar refractivity (Wildman–Crippen MR) is 118 cm³/mol. The van der Waals surface area contributed by atoms with Gasteiger partial charge in [-0.3, -0.25) is 19.8 Å². The molecule has 3 aromatic rings. The first-order valence-corrected chi connectivity index (χ1v) is 10.9. The molecule has 0 saturated carbocycles. The van der Waals surface area contributed by atoms with Gasteiger partial charge in [0, 0.05) is 67.9 Å². The van der Waals surface area contributed by atoms with Gasteiger partial charge in [-0.2, -0.15) is 5.10 Å². The largest absolute Gasteiger partial charge is 0.337 e. The van der Waals surface area contributed by atoms with Gasteiger partial charge in [-0.25, -0.2) is 4.98 Å². The van der Waals surface area contributed by atoms with E-state index >= 15 is 0 Å². The Morgan fingerprint density at radius 3 is 2.55 bits per heavy atom. The molecule has 2 fully saturated rings. The molecule has 5 rings (SSSR count). The van der Waals surface area contributed by atoms with Crippen LogP contribution in [0.4, 0.5) is 0 Å². The van der Waals surface area contributed by atoms with Crippen molar-refractivity contribution in [3.8, 4) is 0 Å². The number of aromatic nitrogens is 4. The number of benzene rings is 1. The lowest BCUT2D eigenvalue weighted by atomic mass is 9.71. The molecule has 1 spiro atoms. The van der Waals surface area contributed by atoms with Crippen molar-refractivity contribution in [1.82, 2.24) is 30.0 Å². The average molecular weight is 417 g/mol. The summed E-state index contributed by atoms with van der Waals surface area (Å²) in [7, 11) is 0. The molecule has 0 radical (unpaired) electrons. The molecule has 7 nitrogen and oxygen atoms in total. The van der Waals surface area contributed by atoms with E-state index in [1.54, 1.807) is 24.5 Å². The highest BCUT2D eigenvalue weighted by atomic mass is 16.2. The van der Waals surface area contributed by atoms with Crippen LogP contribution in [0.3, 0.4) is 0 Å². The zero-order valence-electron chi connectivity index (χ0n) is 18.0. The van der Waals surface area contributed by atoms with Crippen molar-refractivity contribution in [2.45, 2.75) is 32.2 Å². The fourth-order valence-corrected chi connectivity index (χ4v) is 4.97. The van der Waals surface area contributed by atoms with E-state index < -0.39 is 0 Å². The van der Waals surface area contributed by atoms with Crippen molar-refractivity contribution in [2.75, 3.05) is 26.2 Å². The fourth-order valence-electron chi connectivity index (χ4n) is 4.97. The lowest BCUT2D eigenvalue weighted by Gasteiger charge is -2.50. The van der Waals surface area contributed by atoms with Crippen LogP contribution >= 0.6 is 0 Å². The Hall–Kier alpha value is -3.06. The summed E-state index contributed by atoms with van der Waals surface area (Å²) in [6, 6.07) is 14.1. The van der Waals surface area contributed by atoms with Gasteiger partial charge in [-0.1, -0.05) is 44.2 Å². The number of pyridine rings is 1.